The SMILES string of the molecule is CC1(C)C(C=C(Cl)Cl)C1C(=O)OCc1cccc(Cc2ccccc2)c1. The summed E-state index contributed by atoms with van der Waals surface area (Å²) in [5, 5.41) is 0. The monoisotopic (exact) mass is 388 g/mol. The van der Waals surface area contributed by atoms with Crippen LogP contribution < -0.4 is 0 Å². The number of halogens is 2. The highest BCUT2D eigenvalue weighted by Crippen LogP contribution is 2.60. The topological polar surface area (TPSA) is 26.3 Å². The number of benzene rings is 2. The molecule has 0 heterocycles. The zero-order valence-corrected chi connectivity index (χ0v) is 16.4. The molecule has 2 aromatic rings. The molecule has 3 rings (SSSR count). The van der Waals surface area contributed by atoms with Crippen LogP contribution in [0.4, 0.5) is 0 Å². The second-order valence-electron chi connectivity index (χ2n) is 7.37. The van der Waals surface area contributed by atoms with E-state index in [-0.39, 0.29) is 34.3 Å². The molecule has 2 atom stereocenters. The quantitative estimate of drug-likeness (QED) is 0.574. The van der Waals surface area contributed by atoms with Crippen molar-refractivity contribution in [3.8, 4) is 0 Å². The van der Waals surface area contributed by atoms with Gasteiger partial charge in [-0.1, -0.05) is 91.6 Å². The summed E-state index contributed by atoms with van der Waals surface area (Å²) >= 11 is 11.5. The van der Waals surface area contributed by atoms with Crippen LogP contribution in [0.1, 0.15) is 30.5 Å². The molecule has 0 radical (unpaired) electrons. The predicted molar refractivity (Wildman–Crippen MR) is 106 cm³/mol. The van der Waals surface area contributed by atoms with Crippen molar-refractivity contribution >= 4 is 29.2 Å². The van der Waals surface area contributed by atoms with Gasteiger partial charge in [-0.25, -0.2) is 0 Å². The average Bonchev–Trinajstić information content (AvgIpc) is 3.13. The van der Waals surface area contributed by atoms with Crippen LogP contribution in [0, 0.1) is 17.3 Å². The first-order valence-electron chi connectivity index (χ1n) is 8.69. The standard InChI is InChI=1S/C22H22Cl2O2/c1-22(2)18(13-19(23)24)20(22)21(25)26-14-17-10-6-9-16(12-17)11-15-7-4-3-5-8-15/h3-10,12-13,18,20H,11,14H2,1-2H3. The number of rotatable bonds is 6. The minimum atomic E-state index is -0.195. The van der Waals surface area contributed by atoms with Crippen LogP contribution in [0.15, 0.2) is 65.2 Å². The lowest BCUT2D eigenvalue weighted by Crippen LogP contribution is -2.10. The summed E-state index contributed by atoms with van der Waals surface area (Å²) in [6, 6.07) is 18.5. The molecule has 1 aliphatic rings. The molecule has 0 saturated heterocycles. The average molecular weight is 389 g/mol. The van der Waals surface area contributed by atoms with Crippen molar-refractivity contribution < 1.29 is 9.53 Å². The molecule has 0 amide bonds. The molecule has 1 aliphatic carbocycles. The second kappa shape index (κ2) is 7.85. The molecular formula is C22H22Cl2O2. The van der Waals surface area contributed by atoms with Gasteiger partial charge in [0, 0.05) is 0 Å². The third-order valence-electron chi connectivity index (χ3n) is 5.09. The molecule has 136 valence electrons. The van der Waals surface area contributed by atoms with E-state index in [1.807, 2.05) is 44.2 Å². The van der Waals surface area contributed by atoms with Gasteiger partial charge in [-0.3, -0.25) is 4.79 Å². The highest BCUT2D eigenvalue weighted by atomic mass is 35.5. The summed E-state index contributed by atoms with van der Waals surface area (Å²) in [6.07, 6.45) is 2.59. The van der Waals surface area contributed by atoms with Gasteiger partial charge in [-0.15, -0.1) is 0 Å². The maximum absolute atomic E-state index is 12.4. The van der Waals surface area contributed by atoms with Crippen LogP contribution in [-0.2, 0) is 22.6 Å². The highest BCUT2D eigenvalue weighted by molar-refractivity contribution is 6.55. The van der Waals surface area contributed by atoms with Gasteiger partial charge in [-0.05, 0) is 40.5 Å². The summed E-state index contributed by atoms with van der Waals surface area (Å²) < 4.78 is 5.75. The summed E-state index contributed by atoms with van der Waals surface area (Å²) in [7, 11) is 0. The van der Waals surface area contributed by atoms with Crippen LogP contribution in [0.3, 0.4) is 0 Å². The number of hydrogen-bond donors (Lipinski definition) is 0. The van der Waals surface area contributed by atoms with E-state index in [1.165, 1.54) is 11.1 Å². The van der Waals surface area contributed by atoms with Gasteiger partial charge in [-0.2, -0.15) is 0 Å². The van der Waals surface area contributed by atoms with Gasteiger partial charge in [0.2, 0.25) is 0 Å². The Hall–Kier alpha value is -1.77. The molecule has 2 unspecified atom stereocenters. The van der Waals surface area contributed by atoms with Gasteiger partial charge in [0.1, 0.15) is 11.1 Å². The number of carbonyl (C=O) groups is 1. The fourth-order valence-electron chi connectivity index (χ4n) is 3.48. The van der Waals surface area contributed by atoms with Crippen LogP contribution in [-0.4, -0.2) is 5.97 Å². The number of allylic oxidation sites excluding steroid dienone is 1. The Bertz CT molecular complexity index is 808. The van der Waals surface area contributed by atoms with Crippen molar-refractivity contribution in [3.63, 3.8) is 0 Å². The van der Waals surface area contributed by atoms with Crippen molar-refractivity contribution in [2.24, 2.45) is 17.3 Å². The van der Waals surface area contributed by atoms with E-state index in [1.54, 1.807) is 6.08 Å². The van der Waals surface area contributed by atoms with Crippen LogP contribution in [0.25, 0.3) is 0 Å². The third kappa shape index (κ3) is 4.49. The maximum Gasteiger partial charge on any atom is 0.310 e. The van der Waals surface area contributed by atoms with Gasteiger partial charge < -0.3 is 4.74 Å². The molecule has 2 aromatic carbocycles. The molecule has 0 N–H and O–H groups in total. The molecule has 4 heteroatoms. The van der Waals surface area contributed by atoms with E-state index < -0.39 is 0 Å². The lowest BCUT2D eigenvalue weighted by molar-refractivity contribution is -0.147. The second-order valence-corrected chi connectivity index (χ2v) is 8.38. The molecule has 1 saturated carbocycles. The Morgan fingerprint density at radius 2 is 1.69 bits per heavy atom. The summed E-state index contributed by atoms with van der Waals surface area (Å²) in [5.74, 6) is -0.355. The lowest BCUT2D eigenvalue weighted by Gasteiger charge is -2.08. The van der Waals surface area contributed by atoms with Crippen molar-refractivity contribution in [1.82, 2.24) is 0 Å². The van der Waals surface area contributed by atoms with E-state index >= 15 is 0 Å². The normalized spacial score (nSPS) is 20.3. The molecule has 1 fully saturated rings. The molecule has 0 aliphatic heterocycles. The fourth-order valence-corrected chi connectivity index (χ4v) is 3.75. The summed E-state index contributed by atoms with van der Waals surface area (Å²) in [6.45, 7) is 4.33. The van der Waals surface area contributed by atoms with Gasteiger partial charge in [0.25, 0.3) is 0 Å². The van der Waals surface area contributed by atoms with Gasteiger partial charge in [0.15, 0.2) is 0 Å². The van der Waals surface area contributed by atoms with Crippen LogP contribution in [0.2, 0.25) is 0 Å². The minimum absolute atomic E-state index is 0.0319. The number of ether oxygens (including phenoxy) is 1. The van der Waals surface area contributed by atoms with Gasteiger partial charge >= 0.3 is 5.97 Å². The van der Waals surface area contributed by atoms with E-state index in [0.717, 1.165) is 12.0 Å². The first kappa shape index (κ1) is 19.0. The molecule has 0 aromatic heterocycles. The molecule has 26 heavy (non-hydrogen) atoms. The van der Waals surface area contributed by atoms with E-state index in [0.29, 0.717) is 0 Å². The third-order valence-corrected chi connectivity index (χ3v) is 5.35. The van der Waals surface area contributed by atoms with Crippen LogP contribution >= 0.6 is 23.2 Å². The maximum atomic E-state index is 12.4. The lowest BCUT2D eigenvalue weighted by atomic mass is 10.0. The number of esters is 1. The first-order chi connectivity index (χ1) is 12.4. The number of carbonyl (C=O) groups excluding carboxylic acids is 1. The first-order valence-corrected chi connectivity index (χ1v) is 9.44. The Balaban J connectivity index is 1.59. The zero-order valence-electron chi connectivity index (χ0n) is 14.9. The van der Waals surface area contributed by atoms with Crippen molar-refractivity contribution in [3.05, 3.63) is 81.9 Å². The largest absolute Gasteiger partial charge is 0.461 e. The minimum Gasteiger partial charge on any atom is -0.461 e. The van der Waals surface area contributed by atoms with Crippen LogP contribution in [0.5, 0.6) is 0 Å². The summed E-state index contributed by atoms with van der Waals surface area (Å²) in [5.41, 5.74) is 3.29. The Morgan fingerprint density at radius 1 is 1.04 bits per heavy atom. The number of hydrogen-bond acceptors (Lipinski definition) is 2. The summed E-state index contributed by atoms with van der Waals surface area (Å²) in [4.78, 5) is 12.4. The molecule has 0 bridgehead atoms. The molecular weight excluding hydrogens is 367 g/mol. The Morgan fingerprint density at radius 3 is 2.38 bits per heavy atom. The van der Waals surface area contributed by atoms with E-state index in [9.17, 15) is 4.79 Å². The van der Waals surface area contributed by atoms with Crippen molar-refractivity contribution in [1.29, 1.82) is 0 Å². The van der Waals surface area contributed by atoms with E-state index in [2.05, 4.69) is 24.3 Å². The van der Waals surface area contributed by atoms with Crippen molar-refractivity contribution in [2.45, 2.75) is 26.9 Å². The zero-order chi connectivity index (χ0) is 18.7. The highest BCUT2D eigenvalue weighted by Gasteiger charge is 2.61. The molecule has 2 nitrogen and oxygen atoms in total. The van der Waals surface area contributed by atoms with E-state index in [4.69, 9.17) is 27.9 Å². The Kier molecular flexibility index (Phi) is 5.74. The molecule has 0 spiro atoms. The van der Waals surface area contributed by atoms with Crippen molar-refractivity contribution in [2.75, 3.05) is 0 Å². The Labute approximate surface area is 164 Å². The fraction of sp³-hybridized carbons (Fsp3) is 0.318. The predicted octanol–water partition coefficient (Wildman–Crippen LogP) is 5.91. The smallest absolute Gasteiger partial charge is 0.310 e. The van der Waals surface area contributed by atoms with Gasteiger partial charge in [0.05, 0.1) is 5.92 Å².